The first-order valence-electron chi connectivity index (χ1n) is 8.11. The molecule has 4 rings (SSSR count). The van der Waals surface area contributed by atoms with E-state index in [1.165, 1.54) is 11.3 Å². The average molecular weight is 364 g/mol. The lowest BCUT2D eigenvalue weighted by Crippen LogP contribution is -2.13. The molecule has 26 heavy (non-hydrogen) atoms. The Hall–Kier alpha value is -3.06. The van der Waals surface area contributed by atoms with Crippen LogP contribution in [0.25, 0.3) is 22.4 Å². The number of nitrogens with zero attached hydrogens (tertiary/aromatic N) is 3. The minimum Gasteiger partial charge on any atom is -0.335 e. The number of thiazole rings is 1. The zero-order chi connectivity index (χ0) is 18.3. The Morgan fingerprint density at radius 2 is 1.85 bits per heavy atom. The molecule has 6 nitrogen and oxygen atoms in total. The zero-order valence-corrected chi connectivity index (χ0v) is 15.3. The number of hydrogen-bond acceptors (Lipinski definition) is 6. The van der Waals surface area contributed by atoms with Crippen molar-refractivity contribution in [2.24, 2.45) is 0 Å². The Bertz CT molecular complexity index is 1100. The summed E-state index contributed by atoms with van der Waals surface area (Å²) in [5.41, 5.74) is 3.92. The Kier molecular flexibility index (Phi) is 4.00. The van der Waals surface area contributed by atoms with Gasteiger partial charge in [-0.2, -0.15) is 0 Å². The molecule has 0 radical (unpaired) electrons. The number of aromatic nitrogens is 3. The highest BCUT2D eigenvalue weighted by molar-refractivity contribution is 7.15. The third kappa shape index (κ3) is 2.86. The van der Waals surface area contributed by atoms with Crippen molar-refractivity contribution in [3.63, 3.8) is 0 Å². The van der Waals surface area contributed by atoms with Crippen LogP contribution < -0.4 is 5.32 Å². The van der Waals surface area contributed by atoms with Crippen LogP contribution in [0, 0.1) is 20.8 Å². The van der Waals surface area contributed by atoms with Crippen LogP contribution in [0.15, 0.2) is 40.9 Å². The largest absolute Gasteiger partial charge is 0.335 e. The summed E-state index contributed by atoms with van der Waals surface area (Å²) in [6, 6.07) is 11.4. The third-order valence-corrected chi connectivity index (χ3v) is 5.17. The van der Waals surface area contributed by atoms with Gasteiger partial charge in [-0.3, -0.25) is 10.1 Å². The fourth-order valence-electron chi connectivity index (χ4n) is 2.72. The number of nitrogens with one attached hydrogen (secondary N) is 1. The number of carbonyl (C=O) groups excluding carboxylic acids is 1. The number of benzene rings is 1. The summed E-state index contributed by atoms with van der Waals surface area (Å²) < 4.78 is 5.32. The molecule has 1 aromatic carbocycles. The minimum absolute atomic E-state index is 0.255. The van der Waals surface area contributed by atoms with Crippen LogP contribution in [-0.4, -0.2) is 21.0 Å². The van der Waals surface area contributed by atoms with Gasteiger partial charge in [0.25, 0.3) is 11.6 Å². The summed E-state index contributed by atoms with van der Waals surface area (Å²) in [6.07, 6.45) is 0. The first-order valence-corrected chi connectivity index (χ1v) is 8.92. The molecule has 0 spiro atoms. The van der Waals surface area contributed by atoms with Crippen LogP contribution in [-0.2, 0) is 0 Å². The summed E-state index contributed by atoms with van der Waals surface area (Å²) in [5, 5.41) is 8.04. The van der Waals surface area contributed by atoms with E-state index in [2.05, 4.69) is 20.4 Å². The molecule has 0 bridgehead atoms. The number of amides is 1. The normalized spacial score (nSPS) is 11.0. The van der Waals surface area contributed by atoms with E-state index in [-0.39, 0.29) is 5.91 Å². The monoisotopic (exact) mass is 364 g/mol. The van der Waals surface area contributed by atoms with Gasteiger partial charge in [-0.15, -0.1) is 11.3 Å². The molecule has 0 fully saturated rings. The van der Waals surface area contributed by atoms with Crippen LogP contribution in [0.4, 0.5) is 5.13 Å². The zero-order valence-electron chi connectivity index (χ0n) is 14.5. The Morgan fingerprint density at radius 1 is 1.08 bits per heavy atom. The molecular weight excluding hydrogens is 348 g/mol. The summed E-state index contributed by atoms with van der Waals surface area (Å²) >= 11 is 1.45. The van der Waals surface area contributed by atoms with Crippen LogP contribution in [0.5, 0.6) is 0 Å². The van der Waals surface area contributed by atoms with Crippen molar-refractivity contribution >= 4 is 33.5 Å². The predicted octanol–water partition coefficient (Wildman–Crippen LogP) is 4.52. The van der Waals surface area contributed by atoms with Gasteiger partial charge < -0.3 is 4.52 Å². The predicted molar refractivity (Wildman–Crippen MR) is 102 cm³/mol. The van der Waals surface area contributed by atoms with E-state index in [9.17, 15) is 4.79 Å². The van der Waals surface area contributed by atoms with Gasteiger partial charge in [0.2, 0.25) is 0 Å². The number of aryl methyl sites for hydroxylation is 3. The summed E-state index contributed by atoms with van der Waals surface area (Å²) in [5.74, 6) is -0.255. The van der Waals surface area contributed by atoms with Crippen LogP contribution in [0.3, 0.4) is 0 Å². The second kappa shape index (κ2) is 6.34. The summed E-state index contributed by atoms with van der Waals surface area (Å²) in [6.45, 7) is 5.69. The number of fused-ring (bicyclic) bond motifs is 1. The first kappa shape index (κ1) is 16.4. The van der Waals surface area contributed by atoms with Crippen LogP contribution >= 0.6 is 11.3 Å². The van der Waals surface area contributed by atoms with Crippen LogP contribution in [0.1, 0.15) is 26.6 Å². The molecule has 0 aliphatic heterocycles. The SMILES string of the molecule is Cc1nc(NC(=O)c2cc(-c3ccccc3)nc3onc(C)c23)sc1C. The van der Waals surface area contributed by atoms with Crippen LogP contribution in [0.2, 0.25) is 0 Å². The fraction of sp³-hybridized carbons (Fsp3) is 0.158. The molecule has 7 heteroatoms. The molecule has 1 N–H and O–H groups in total. The van der Waals surface area contributed by atoms with Crippen molar-refractivity contribution in [1.29, 1.82) is 0 Å². The Morgan fingerprint density at radius 3 is 2.54 bits per heavy atom. The topological polar surface area (TPSA) is 80.9 Å². The lowest BCUT2D eigenvalue weighted by Gasteiger charge is -2.06. The van der Waals surface area contributed by atoms with Gasteiger partial charge in [0.05, 0.1) is 28.0 Å². The van der Waals surface area contributed by atoms with E-state index in [4.69, 9.17) is 4.52 Å². The van der Waals surface area contributed by atoms with Gasteiger partial charge >= 0.3 is 0 Å². The van der Waals surface area contributed by atoms with E-state index in [0.717, 1.165) is 16.1 Å². The van der Waals surface area contributed by atoms with E-state index in [1.54, 1.807) is 13.0 Å². The lowest BCUT2D eigenvalue weighted by atomic mass is 10.1. The lowest BCUT2D eigenvalue weighted by molar-refractivity contribution is 0.102. The highest BCUT2D eigenvalue weighted by Gasteiger charge is 2.20. The Labute approximate surface area is 153 Å². The molecule has 130 valence electrons. The number of anilines is 1. The Balaban J connectivity index is 1.81. The molecule has 0 aliphatic rings. The quantitative estimate of drug-likeness (QED) is 0.578. The molecule has 0 aliphatic carbocycles. The average Bonchev–Trinajstić information content (AvgIpc) is 3.17. The van der Waals surface area contributed by atoms with Gasteiger partial charge in [-0.1, -0.05) is 35.5 Å². The maximum atomic E-state index is 12.9. The smallest absolute Gasteiger partial charge is 0.259 e. The maximum absolute atomic E-state index is 12.9. The van der Waals surface area contributed by atoms with Gasteiger partial charge in [0.1, 0.15) is 0 Å². The molecule has 3 aromatic heterocycles. The van der Waals surface area contributed by atoms with Crippen molar-refractivity contribution in [3.05, 3.63) is 58.2 Å². The van der Waals surface area contributed by atoms with Crippen molar-refractivity contribution in [2.45, 2.75) is 20.8 Å². The molecule has 0 unspecified atom stereocenters. The molecule has 4 aromatic rings. The molecule has 0 saturated heterocycles. The van der Waals surface area contributed by atoms with Gasteiger partial charge in [0.15, 0.2) is 5.13 Å². The van der Waals surface area contributed by atoms with Crippen molar-refractivity contribution < 1.29 is 9.32 Å². The number of hydrogen-bond donors (Lipinski definition) is 1. The van der Waals surface area contributed by atoms with Gasteiger partial charge in [-0.25, -0.2) is 9.97 Å². The number of pyridine rings is 1. The molecular formula is C19H16N4O2S. The standard InChI is InChI=1S/C19H16N4O2S/c1-10-12(3)26-19(20-10)22-17(24)14-9-15(13-7-5-4-6-8-13)21-18-16(14)11(2)23-25-18/h4-9H,1-3H3,(H,20,22,24). The van der Waals surface area contributed by atoms with Crippen molar-refractivity contribution in [3.8, 4) is 11.3 Å². The summed E-state index contributed by atoms with van der Waals surface area (Å²) in [7, 11) is 0. The molecule has 0 atom stereocenters. The van der Waals surface area contributed by atoms with E-state index in [0.29, 0.717) is 33.2 Å². The molecule has 3 heterocycles. The highest BCUT2D eigenvalue weighted by Crippen LogP contribution is 2.28. The third-order valence-electron chi connectivity index (χ3n) is 4.18. The van der Waals surface area contributed by atoms with Gasteiger partial charge in [0, 0.05) is 10.4 Å². The highest BCUT2D eigenvalue weighted by atomic mass is 32.1. The molecule has 0 saturated carbocycles. The molecule has 1 amide bonds. The van der Waals surface area contributed by atoms with E-state index < -0.39 is 0 Å². The van der Waals surface area contributed by atoms with E-state index in [1.807, 2.05) is 44.2 Å². The fourth-order valence-corrected chi connectivity index (χ4v) is 3.53. The second-order valence-corrected chi connectivity index (χ2v) is 7.19. The first-order chi connectivity index (χ1) is 12.5. The summed E-state index contributed by atoms with van der Waals surface area (Å²) in [4.78, 5) is 22.9. The number of carbonyl (C=O) groups is 1. The minimum atomic E-state index is -0.255. The number of rotatable bonds is 3. The van der Waals surface area contributed by atoms with E-state index >= 15 is 0 Å². The second-order valence-electron chi connectivity index (χ2n) is 5.98. The maximum Gasteiger partial charge on any atom is 0.259 e. The van der Waals surface area contributed by atoms with Crippen molar-refractivity contribution in [1.82, 2.24) is 15.1 Å². The van der Waals surface area contributed by atoms with Gasteiger partial charge in [-0.05, 0) is 26.8 Å². The van der Waals surface area contributed by atoms with Crippen molar-refractivity contribution in [2.75, 3.05) is 5.32 Å².